The molecule has 0 aromatic carbocycles. The van der Waals surface area contributed by atoms with Crippen LogP contribution in [0, 0.1) is 5.92 Å². The van der Waals surface area contributed by atoms with E-state index in [9.17, 15) is 9.59 Å². The standard InChI is InChI=1S/C13H23NO3/c1-10(2)7-8-12(15)14-9-5-4-6-11(14)13(16)17-3/h10-11H,4-9H2,1-3H3. The second-order valence-corrected chi connectivity index (χ2v) is 5.05. The molecule has 0 aromatic heterocycles. The number of esters is 1. The van der Waals surface area contributed by atoms with Crippen molar-refractivity contribution in [3.8, 4) is 0 Å². The van der Waals surface area contributed by atoms with Crippen molar-refractivity contribution in [1.82, 2.24) is 4.90 Å². The number of ether oxygens (including phenoxy) is 1. The van der Waals surface area contributed by atoms with E-state index in [1.54, 1.807) is 4.90 Å². The van der Waals surface area contributed by atoms with Gasteiger partial charge in [0.05, 0.1) is 7.11 Å². The van der Waals surface area contributed by atoms with Crippen molar-refractivity contribution in [2.75, 3.05) is 13.7 Å². The zero-order valence-electron chi connectivity index (χ0n) is 11.1. The van der Waals surface area contributed by atoms with Crippen molar-refractivity contribution in [2.24, 2.45) is 5.92 Å². The first-order chi connectivity index (χ1) is 8.06. The first kappa shape index (κ1) is 14.0. The summed E-state index contributed by atoms with van der Waals surface area (Å²) in [5.74, 6) is 0.330. The molecule has 0 aromatic rings. The van der Waals surface area contributed by atoms with Crippen LogP contribution < -0.4 is 0 Å². The van der Waals surface area contributed by atoms with Gasteiger partial charge in [-0.1, -0.05) is 13.8 Å². The van der Waals surface area contributed by atoms with E-state index >= 15 is 0 Å². The minimum Gasteiger partial charge on any atom is -0.467 e. The molecule has 1 unspecified atom stereocenters. The molecular formula is C13H23NO3. The fourth-order valence-electron chi connectivity index (χ4n) is 2.17. The minimum atomic E-state index is -0.353. The molecule has 17 heavy (non-hydrogen) atoms. The lowest BCUT2D eigenvalue weighted by molar-refractivity contribution is -0.154. The van der Waals surface area contributed by atoms with Crippen LogP contribution in [0.1, 0.15) is 46.0 Å². The van der Waals surface area contributed by atoms with Crippen LogP contribution in [0.4, 0.5) is 0 Å². The van der Waals surface area contributed by atoms with Crippen LogP contribution in [0.15, 0.2) is 0 Å². The number of rotatable bonds is 4. The van der Waals surface area contributed by atoms with Crippen LogP contribution in [-0.4, -0.2) is 36.5 Å². The Morgan fingerprint density at radius 1 is 1.35 bits per heavy atom. The Morgan fingerprint density at radius 2 is 2.06 bits per heavy atom. The van der Waals surface area contributed by atoms with Crippen molar-refractivity contribution in [2.45, 2.75) is 52.0 Å². The number of piperidine rings is 1. The molecule has 0 spiro atoms. The Labute approximate surface area is 103 Å². The van der Waals surface area contributed by atoms with Gasteiger partial charge in [-0.05, 0) is 31.6 Å². The van der Waals surface area contributed by atoms with Gasteiger partial charge in [-0.25, -0.2) is 4.79 Å². The van der Waals surface area contributed by atoms with E-state index in [1.807, 2.05) is 0 Å². The highest BCUT2D eigenvalue weighted by Crippen LogP contribution is 2.20. The Bertz CT molecular complexity index is 276. The van der Waals surface area contributed by atoms with Crippen LogP contribution in [0.5, 0.6) is 0 Å². The third-order valence-corrected chi connectivity index (χ3v) is 3.23. The maximum Gasteiger partial charge on any atom is 0.328 e. The molecule has 1 atom stereocenters. The van der Waals surface area contributed by atoms with Crippen molar-refractivity contribution >= 4 is 11.9 Å². The maximum atomic E-state index is 12.1. The first-order valence-corrected chi connectivity index (χ1v) is 6.43. The third kappa shape index (κ3) is 4.02. The molecule has 1 saturated heterocycles. The van der Waals surface area contributed by atoms with E-state index in [0.717, 1.165) is 25.7 Å². The number of hydrogen-bond donors (Lipinski definition) is 0. The van der Waals surface area contributed by atoms with E-state index < -0.39 is 0 Å². The van der Waals surface area contributed by atoms with Gasteiger partial charge in [-0.3, -0.25) is 4.79 Å². The highest BCUT2D eigenvalue weighted by Gasteiger charge is 2.32. The predicted molar refractivity (Wildman–Crippen MR) is 65.4 cm³/mol. The van der Waals surface area contributed by atoms with Crippen LogP contribution in [0.25, 0.3) is 0 Å². The first-order valence-electron chi connectivity index (χ1n) is 6.43. The topological polar surface area (TPSA) is 46.6 Å². The molecular weight excluding hydrogens is 218 g/mol. The summed E-state index contributed by atoms with van der Waals surface area (Å²) < 4.78 is 4.76. The monoisotopic (exact) mass is 241 g/mol. The molecule has 1 aliphatic heterocycles. The van der Waals surface area contributed by atoms with Gasteiger partial charge in [0.2, 0.25) is 5.91 Å². The summed E-state index contributed by atoms with van der Waals surface area (Å²) in [5.41, 5.74) is 0. The molecule has 1 amide bonds. The summed E-state index contributed by atoms with van der Waals surface area (Å²) in [6.07, 6.45) is 4.13. The van der Waals surface area contributed by atoms with Gasteiger partial charge in [0.15, 0.2) is 0 Å². The van der Waals surface area contributed by atoms with Crippen molar-refractivity contribution in [1.29, 1.82) is 0 Å². The predicted octanol–water partition coefficient (Wildman–Crippen LogP) is 1.98. The fraction of sp³-hybridized carbons (Fsp3) is 0.846. The summed E-state index contributed by atoms with van der Waals surface area (Å²) in [6, 6.07) is -0.353. The number of methoxy groups -OCH3 is 1. The SMILES string of the molecule is COC(=O)C1CCCCN1C(=O)CCC(C)C. The molecule has 0 aliphatic carbocycles. The summed E-state index contributed by atoms with van der Waals surface area (Å²) in [7, 11) is 1.38. The van der Waals surface area contributed by atoms with E-state index in [4.69, 9.17) is 4.74 Å². The Balaban J connectivity index is 2.58. The van der Waals surface area contributed by atoms with Gasteiger partial charge in [0.1, 0.15) is 6.04 Å². The van der Waals surface area contributed by atoms with Gasteiger partial charge >= 0.3 is 5.97 Å². The van der Waals surface area contributed by atoms with E-state index in [0.29, 0.717) is 18.9 Å². The van der Waals surface area contributed by atoms with Gasteiger partial charge in [-0.2, -0.15) is 0 Å². The van der Waals surface area contributed by atoms with Gasteiger partial charge in [0, 0.05) is 13.0 Å². The van der Waals surface area contributed by atoms with Crippen molar-refractivity contribution in [3.63, 3.8) is 0 Å². The average Bonchev–Trinajstić information content (AvgIpc) is 2.34. The normalized spacial score (nSPS) is 20.5. The van der Waals surface area contributed by atoms with Crippen molar-refractivity contribution < 1.29 is 14.3 Å². The van der Waals surface area contributed by atoms with Crippen molar-refractivity contribution in [3.05, 3.63) is 0 Å². The minimum absolute atomic E-state index is 0.0915. The molecule has 0 radical (unpaired) electrons. The van der Waals surface area contributed by atoms with E-state index in [1.165, 1.54) is 7.11 Å². The summed E-state index contributed by atoms with van der Waals surface area (Å²) in [4.78, 5) is 25.4. The lowest BCUT2D eigenvalue weighted by atomic mass is 10.0. The largest absolute Gasteiger partial charge is 0.467 e. The third-order valence-electron chi connectivity index (χ3n) is 3.23. The highest BCUT2D eigenvalue weighted by atomic mass is 16.5. The molecule has 98 valence electrons. The smallest absolute Gasteiger partial charge is 0.328 e. The van der Waals surface area contributed by atoms with Gasteiger partial charge < -0.3 is 9.64 Å². The lowest BCUT2D eigenvalue weighted by Crippen LogP contribution is -2.48. The molecule has 1 rings (SSSR count). The molecule has 4 nitrogen and oxygen atoms in total. The number of carbonyl (C=O) groups excluding carboxylic acids is 2. The van der Waals surface area contributed by atoms with Gasteiger partial charge in [0.25, 0.3) is 0 Å². The Hall–Kier alpha value is -1.06. The zero-order chi connectivity index (χ0) is 12.8. The summed E-state index contributed by atoms with van der Waals surface area (Å²) >= 11 is 0. The molecule has 4 heteroatoms. The second kappa shape index (κ2) is 6.62. The van der Waals surface area contributed by atoms with Crippen LogP contribution in [0.2, 0.25) is 0 Å². The van der Waals surface area contributed by atoms with Gasteiger partial charge in [-0.15, -0.1) is 0 Å². The number of nitrogens with zero attached hydrogens (tertiary/aromatic N) is 1. The Kier molecular flexibility index (Phi) is 5.45. The van der Waals surface area contributed by atoms with E-state index in [2.05, 4.69) is 13.8 Å². The molecule has 0 bridgehead atoms. The molecule has 1 aliphatic rings. The summed E-state index contributed by atoms with van der Waals surface area (Å²) in [6.45, 7) is 4.89. The number of likely N-dealkylation sites (tertiary alicyclic amines) is 1. The number of carbonyl (C=O) groups is 2. The fourth-order valence-corrected chi connectivity index (χ4v) is 2.17. The molecule has 1 fully saturated rings. The number of amides is 1. The maximum absolute atomic E-state index is 12.1. The highest BCUT2D eigenvalue weighted by molar-refractivity contribution is 5.84. The molecule has 0 saturated carbocycles. The summed E-state index contributed by atoms with van der Waals surface area (Å²) in [5, 5.41) is 0. The zero-order valence-corrected chi connectivity index (χ0v) is 11.1. The number of hydrogen-bond acceptors (Lipinski definition) is 3. The van der Waals surface area contributed by atoms with Crippen LogP contribution in [-0.2, 0) is 14.3 Å². The van der Waals surface area contributed by atoms with Crippen LogP contribution in [0.3, 0.4) is 0 Å². The van der Waals surface area contributed by atoms with Crippen LogP contribution >= 0.6 is 0 Å². The quantitative estimate of drug-likeness (QED) is 0.707. The Morgan fingerprint density at radius 3 is 2.65 bits per heavy atom. The average molecular weight is 241 g/mol. The molecule has 1 heterocycles. The lowest BCUT2D eigenvalue weighted by Gasteiger charge is -2.34. The second-order valence-electron chi connectivity index (χ2n) is 5.05. The molecule has 0 N–H and O–H groups in total. The van der Waals surface area contributed by atoms with E-state index in [-0.39, 0.29) is 17.9 Å².